The van der Waals surface area contributed by atoms with Crippen LogP contribution in [0.2, 0.25) is 0 Å². The highest BCUT2D eigenvalue weighted by Gasteiger charge is 2.34. The van der Waals surface area contributed by atoms with E-state index in [1.165, 1.54) is 6.20 Å². The zero-order valence-corrected chi connectivity index (χ0v) is 13.8. The van der Waals surface area contributed by atoms with E-state index < -0.39 is 10.0 Å². The topological polar surface area (TPSA) is 70.5 Å². The maximum absolute atomic E-state index is 12.6. The number of hydrogen-bond donors (Lipinski definition) is 1. The SMILES string of the molecule is CCNCCn1cc(S(=O)(=O)N2CCC(N(C)C)C2)cn1. The monoisotopic (exact) mass is 315 g/mol. The van der Waals surface area contributed by atoms with E-state index in [2.05, 4.69) is 15.3 Å². The van der Waals surface area contributed by atoms with Crippen LogP contribution in [0, 0.1) is 0 Å². The van der Waals surface area contributed by atoms with Gasteiger partial charge in [-0.2, -0.15) is 9.40 Å². The van der Waals surface area contributed by atoms with Crippen molar-refractivity contribution in [1.82, 2.24) is 24.3 Å². The van der Waals surface area contributed by atoms with Crippen LogP contribution in [0.3, 0.4) is 0 Å². The lowest BCUT2D eigenvalue weighted by Crippen LogP contribution is -2.34. The smallest absolute Gasteiger partial charge is 0.246 e. The summed E-state index contributed by atoms with van der Waals surface area (Å²) < 4.78 is 28.4. The van der Waals surface area contributed by atoms with E-state index in [-0.39, 0.29) is 0 Å². The summed E-state index contributed by atoms with van der Waals surface area (Å²) in [5.41, 5.74) is 0. The first-order chi connectivity index (χ1) is 9.95. The lowest BCUT2D eigenvalue weighted by molar-refractivity contribution is 0.302. The van der Waals surface area contributed by atoms with Crippen molar-refractivity contribution < 1.29 is 8.42 Å². The normalized spacial score (nSPS) is 20.5. The first-order valence-electron chi connectivity index (χ1n) is 7.35. The van der Waals surface area contributed by atoms with E-state index in [1.54, 1.807) is 15.2 Å². The van der Waals surface area contributed by atoms with Gasteiger partial charge in [-0.15, -0.1) is 0 Å². The third-order valence-corrected chi connectivity index (χ3v) is 5.69. The van der Waals surface area contributed by atoms with E-state index in [1.807, 2.05) is 21.0 Å². The van der Waals surface area contributed by atoms with Crippen LogP contribution >= 0.6 is 0 Å². The highest BCUT2D eigenvalue weighted by molar-refractivity contribution is 7.89. The van der Waals surface area contributed by atoms with Crippen LogP contribution in [0.15, 0.2) is 17.3 Å². The third-order valence-electron chi connectivity index (χ3n) is 3.87. The van der Waals surface area contributed by atoms with E-state index in [0.717, 1.165) is 19.5 Å². The molecule has 1 aromatic heterocycles. The highest BCUT2D eigenvalue weighted by atomic mass is 32.2. The summed E-state index contributed by atoms with van der Waals surface area (Å²) in [6, 6.07) is 0.295. The molecule has 120 valence electrons. The molecule has 0 saturated carbocycles. The van der Waals surface area contributed by atoms with Gasteiger partial charge >= 0.3 is 0 Å². The molecular formula is C13H25N5O2S. The second-order valence-corrected chi connectivity index (χ2v) is 7.50. The molecule has 0 bridgehead atoms. The van der Waals surface area contributed by atoms with Gasteiger partial charge in [-0.3, -0.25) is 4.68 Å². The van der Waals surface area contributed by atoms with Gasteiger partial charge in [0.15, 0.2) is 0 Å². The van der Waals surface area contributed by atoms with Crippen molar-refractivity contribution in [3.8, 4) is 0 Å². The van der Waals surface area contributed by atoms with Crippen molar-refractivity contribution in [1.29, 1.82) is 0 Å². The van der Waals surface area contributed by atoms with Gasteiger partial charge in [0.1, 0.15) is 4.90 Å². The van der Waals surface area contributed by atoms with Crippen LogP contribution in [0.5, 0.6) is 0 Å². The molecule has 1 saturated heterocycles. The quantitative estimate of drug-likeness (QED) is 0.707. The molecule has 7 nitrogen and oxygen atoms in total. The minimum Gasteiger partial charge on any atom is -0.315 e. The lowest BCUT2D eigenvalue weighted by atomic mass is 10.2. The maximum Gasteiger partial charge on any atom is 0.246 e. The Bertz CT molecular complexity index is 555. The Hall–Kier alpha value is -0.960. The summed E-state index contributed by atoms with van der Waals surface area (Å²) in [4.78, 5) is 2.37. The Morgan fingerprint density at radius 1 is 1.48 bits per heavy atom. The van der Waals surface area contributed by atoms with Crippen LogP contribution in [0.4, 0.5) is 0 Å². The molecule has 2 heterocycles. The fraction of sp³-hybridized carbons (Fsp3) is 0.769. The summed E-state index contributed by atoms with van der Waals surface area (Å²) >= 11 is 0. The Morgan fingerprint density at radius 2 is 2.24 bits per heavy atom. The lowest BCUT2D eigenvalue weighted by Gasteiger charge is -2.19. The molecule has 0 spiro atoms. The van der Waals surface area contributed by atoms with Gasteiger partial charge in [0.05, 0.1) is 12.7 Å². The summed E-state index contributed by atoms with van der Waals surface area (Å²) in [7, 11) is 0.559. The number of nitrogens with zero attached hydrogens (tertiary/aromatic N) is 4. The van der Waals surface area contributed by atoms with Crippen LogP contribution in [-0.4, -0.2) is 73.7 Å². The van der Waals surface area contributed by atoms with Crippen LogP contribution in [-0.2, 0) is 16.6 Å². The first kappa shape index (κ1) is 16.4. The van der Waals surface area contributed by atoms with Crippen molar-refractivity contribution in [3.05, 3.63) is 12.4 Å². The average Bonchev–Trinajstić information content (AvgIpc) is 3.08. The fourth-order valence-electron chi connectivity index (χ4n) is 2.47. The van der Waals surface area contributed by atoms with Gasteiger partial charge in [0, 0.05) is 31.9 Å². The number of aromatic nitrogens is 2. The van der Waals surface area contributed by atoms with Gasteiger partial charge < -0.3 is 10.2 Å². The molecule has 1 atom stereocenters. The van der Waals surface area contributed by atoms with E-state index in [4.69, 9.17) is 0 Å². The van der Waals surface area contributed by atoms with Gasteiger partial charge in [-0.25, -0.2) is 8.42 Å². The number of rotatable bonds is 7. The minimum absolute atomic E-state index is 0.290. The van der Waals surface area contributed by atoms with Gasteiger partial charge in [0.2, 0.25) is 10.0 Å². The second kappa shape index (κ2) is 6.87. The van der Waals surface area contributed by atoms with Crippen molar-refractivity contribution in [2.45, 2.75) is 30.8 Å². The Labute approximate surface area is 127 Å². The fourth-order valence-corrected chi connectivity index (χ4v) is 3.92. The molecular weight excluding hydrogens is 290 g/mol. The van der Waals surface area contributed by atoms with Crippen molar-refractivity contribution in [2.75, 3.05) is 40.3 Å². The van der Waals surface area contributed by atoms with Crippen molar-refractivity contribution in [2.24, 2.45) is 0 Å². The molecule has 1 aromatic rings. The summed E-state index contributed by atoms with van der Waals surface area (Å²) in [5, 5.41) is 7.33. The molecule has 1 N–H and O–H groups in total. The Balaban J connectivity index is 2.03. The van der Waals surface area contributed by atoms with Crippen LogP contribution in [0.25, 0.3) is 0 Å². The number of nitrogens with one attached hydrogen (secondary N) is 1. The van der Waals surface area contributed by atoms with Gasteiger partial charge in [-0.1, -0.05) is 6.92 Å². The zero-order chi connectivity index (χ0) is 15.5. The molecule has 1 unspecified atom stereocenters. The molecule has 2 rings (SSSR count). The molecule has 0 radical (unpaired) electrons. The molecule has 1 aliphatic heterocycles. The van der Waals surface area contributed by atoms with E-state index in [0.29, 0.717) is 30.6 Å². The Morgan fingerprint density at radius 3 is 2.86 bits per heavy atom. The minimum atomic E-state index is -3.41. The maximum atomic E-state index is 12.6. The molecule has 8 heteroatoms. The summed E-state index contributed by atoms with van der Waals surface area (Å²) in [6.45, 7) is 5.51. The van der Waals surface area contributed by atoms with Gasteiger partial charge in [0.25, 0.3) is 0 Å². The van der Waals surface area contributed by atoms with Crippen molar-refractivity contribution in [3.63, 3.8) is 0 Å². The molecule has 1 fully saturated rings. The summed E-state index contributed by atoms with van der Waals surface area (Å²) in [6.07, 6.45) is 3.95. The predicted octanol–water partition coefficient (Wildman–Crippen LogP) is -0.183. The van der Waals surface area contributed by atoms with E-state index >= 15 is 0 Å². The summed E-state index contributed by atoms with van der Waals surface area (Å²) in [5.74, 6) is 0. The van der Waals surface area contributed by atoms with Crippen molar-refractivity contribution >= 4 is 10.0 Å². The standard InChI is InChI=1S/C13H25N5O2S/c1-4-14-6-8-17-11-13(9-15-17)21(19,20)18-7-5-12(10-18)16(2)3/h9,11-12,14H,4-8,10H2,1-3H3. The molecule has 0 aromatic carbocycles. The van der Waals surface area contributed by atoms with Gasteiger partial charge in [-0.05, 0) is 27.1 Å². The third kappa shape index (κ3) is 3.82. The second-order valence-electron chi connectivity index (χ2n) is 5.56. The zero-order valence-electron chi connectivity index (χ0n) is 13.0. The molecule has 0 aliphatic carbocycles. The highest BCUT2D eigenvalue weighted by Crippen LogP contribution is 2.22. The van der Waals surface area contributed by atoms with Crippen LogP contribution < -0.4 is 5.32 Å². The largest absolute Gasteiger partial charge is 0.315 e. The number of likely N-dealkylation sites (N-methyl/N-ethyl adjacent to an activating group) is 2. The molecule has 21 heavy (non-hydrogen) atoms. The number of sulfonamides is 1. The average molecular weight is 315 g/mol. The first-order valence-corrected chi connectivity index (χ1v) is 8.79. The molecule has 1 aliphatic rings. The molecule has 0 amide bonds. The number of hydrogen-bond acceptors (Lipinski definition) is 5. The predicted molar refractivity (Wildman–Crippen MR) is 81.6 cm³/mol. The van der Waals surface area contributed by atoms with Crippen LogP contribution in [0.1, 0.15) is 13.3 Å². The van der Waals surface area contributed by atoms with E-state index in [9.17, 15) is 8.42 Å². The Kier molecular flexibility index (Phi) is 5.37.